The molecular weight excluding hydrogens is 130 g/mol. The Bertz CT molecular complexity index is 56.7. The SMILES string of the molecule is C1=CSCNC1.Cl. The first-order chi connectivity index (χ1) is 3.00. The molecular formula is C4H8ClNS. The van der Waals surface area contributed by atoms with Crippen molar-refractivity contribution in [2.24, 2.45) is 0 Å². The van der Waals surface area contributed by atoms with Gasteiger partial charge in [0.1, 0.15) is 0 Å². The molecule has 0 saturated heterocycles. The first-order valence-corrected chi connectivity index (χ1v) is 3.02. The van der Waals surface area contributed by atoms with Crippen LogP contribution in [0.3, 0.4) is 0 Å². The van der Waals surface area contributed by atoms with E-state index in [9.17, 15) is 0 Å². The fourth-order valence-corrected chi connectivity index (χ4v) is 0.930. The van der Waals surface area contributed by atoms with Crippen molar-refractivity contribution in [3.8, 4) is 0 Å². The van der Waals surface area contributed by atoms with E-state index in [1.165, 1.54) is 0 Å². The van der Waals surface area contributed by atoms with E-state index in [-0.39, 0.29) is 12.4 Å². The lowest BCUT2D eigenvalue weighted by molar-refractivity contribution is 0.887. The molecule has 42 valence electrons. The summed E-state index contributed by atoms with van der Waals surface area (Å²) in [7, 11) is 0. The van der Waals surface area contributed by atoms with Crippen molar-refractivity contribution >= 4 is 24.2 Å². The summed E-state index contributed by atoms with van der Waals surface area (Å²) in [5.74, 6) is 1.08. The van der Waals surface area contributed by atoms with Crippen LogP contribution in [0.1, 0.15) is 0 Å². The smallest absolute Gasteiger partial charge is 0.0462 e. The average molecular weight is 138 g/mol. The number of thioether (sulfide) groups is 1. The highest BCUT2D eigenvalue weighted by Crippen LogP contribution is 2.00. The summed E-state index contributed by atoms with van der Waals surface area (Å²) < 4.78 is 0. The van der Waals surface area contributed by atoms with Gasteiger partial charge in [0.05, 0.1) is 0 Å². The molecule has 0 aromatic heterocycles. The van der Waals surface area contributed by atoms with Gasteiger partial charge in [0.15, 0.2) is 0 Å². The molecule has 0 spiro atoms. The van der Waals surface area contributed by atoms with Crippen LogP contribution < -0.4 is 5.32 Å². The summed E-state index contributed by atoms with van der Waals surface area (Å²) in [4.78, 5) is 0. The molecule has 0 unspecified atom stereocenters. The van der Waals surface area contributed by atoms with E-state index in [4.69, 9.17) is 0 Å². The third-order valence-electron chi connectivity index (χ3n) is 0.640. The van der Waals surface area contributed by atoms with Crippen molar-refractivity contribution in [3.63, 3.8) is 0 Å². The van der Waals surface area contributed by atoms with Crippen LogP contribution in [-0.2, 0) is 0 Å². The summed E-state index contributed by atoms with van der Waals surface area (Å²) >= 11 is 1.80. The summed E-state index contributed by atoms with van der Waals surface area (Å²) in [5, 5.41) is 5.28. The second-order valence-electron chi connectivity index (χ2n) is 1.14. The standard InChI is InChI=1S/C4H7NS.ClH/c1-2-5-4-6-3-1;/h1,3,5H,2,4H2;1H. The minimum Gasteiger partial charge on any atom is -0.304 e. The highest BCUT2D eigenvalue weighted by atomic mass is 35.5. The monoisotopic (exact) mass is 137 g/mol. The molecule has 0 aromatic carbocycles. The molecule has 0 aliphatic carbocycles. The molecule has 0 radical (unpaired) electrons. The van der Waals surface area contributed by atoms with Gasteiger partial charge in [0.2, 0.25) is 0 Å². The second kappa shape index (κ2) is 4.50. The number of hydrogen-bond donors (Lipinski definition) is 1. The number of nitrogens with one attached hydrogen (secondary N) is 1. The van der Waals surface area contributed by atoms with E-state index in [2.05, 4.69) is 16.8 Å². The zero-order valence-corrected chi connectivity index (χ0v) is 5.52. The summed E-state index contributed by atoms with van der Waals surface area (Å²) in [6.07, 6.45) is 2.12. The Hall–Kier alpha value is 0.340. The zero-order valence-electron chi connectivity index (χ0n) is 3.89. The highest BCUT2D eigenvalue weighted by molar-refractivity contribution is 8.02. The lowest BCUT2D eigenvalue weighted by atomic mass is 10.6. The van der Waals surface area contributed by atoms with Crippen molar-refractivity contribution in [2.75, 3.05) is 12.4 Å². The second-order valence-corrected chi connectivity index (χ2v) is 2.03. The Kier molecular flexibility index (Phi) is 4.72. The van der Waals surface area contributed by atoms with Gasteiger partial charge in [-0.25, -0.2) is 0 Å². The maximum absolute atomic E-state index is 3.16. The summed E-state index contributed by atoms with van der Waals surface area (Å²) in [6.45, 7) is 1.05. The van der Waals surface area contributed by atoms with Gasteiger partial charge in [-0.3, -0.25) is 0 Å². The van der Waals surface area contributed by atoms with Crippen molar-refractivity contribution < 1.29 is 0 Å². The zero-order chi connectivity index (χ0) is 4.24. The topological polar surface area (TPSA) is 12.0 Å². The molecule has 1 N–H and O–H groups in total. The fourth-order valence-electron chi connectivity index (χ4n) is 0.365. The number of hydrogen-bond acceptors (Lipinski definition) is 2. The van der Waals surface area contributed by atoms with Crippen LogP contribution in [0.15, 0.2) is 11.5 Å². The maximum Gasteiger partial charge on any atom is 0.0462 e. The molecule has 3 heteroatoms. The van der Waals surface area contributed by atoms with Crippen molar-refractivity contribution in [1.29, 1.82) is 0 Å². The van der Waals surface area contributed by atoms with E-state index in [0.29, 0.717) is 0 Å². The third kappa shape index (κ3) is 2.97. The number of rotatable bonds is 0. The lowest BCUT2D eigenvalue weighted by Gasteiger charge is -2.00. The molecule has 1 aliphatic heterocycles. The van der Waals surface area contributed by atoms with Gasteiger partial charge in [-0.1, -0.05) is 6.08 Å². The Labute approximate surface area is 54.0 Å². The quantitative estimate of drug-likeness (QED) is 0.539. The third-order valence-corrected chi connectivity index (χ3v) is 1.40. The molecule has 0 saturated carbocycles. The van der Waals surface area contributed by atoms with E-state index in [0.717, 1.165) is 12.4 Å². The normalized spacial score (nSPS) is 18.3. The predicted octanol–water partition coefficient (Wildman–Crippen LogP) is 1.22. The minimum absolute atomic E-state index is 0. The Morgan fingerprint density at radius 1 is 1.57 bits per heavy atom. The Morgan fingerprint density at radius 3 is 2.57 bits per heavy atom. The lowest BCUT2D eigenvalue weighted by Crippen LogP contribution is -2.13. The van der Waals surface area contributed by atoms with Crippen LogP contribution in [-0.4, -0.2) is 12.4 Å². The van der Waals surface area contributed by atoms with E-state index in [1.54, 1.807) is 11.8 Å². The summed E-state index contributed by atoms with van der Waals surface area (Å²) in [6, 6.07) is 0. The first kappa shape index (κ1) is 7.34. The van der Waals surface area contributed by atoms with Crippen molar-refractivity contribution in [3.05, 3.63) is 11.5 Å². The van der Waals surface area contributed by atoms with E-state index < -0.39 is 0 Å². The van der Waals surface area contributed by atoms with Crippen molar-refractivity contribution in [2.45, 2.75) is 0 Å². The molecule has 7 heavy (non-hydrogen) atoms. The average Bonchev–Trinajstić information content (AvgIpc) is 1.72. The van der Waals surface area contributed by atoms with Gasteiger partial charge in [0, 0.05) is 12.4 Å². The summed E-state index contributed by atoms with van der Waals surface area (Å²) in [5.41, 5.74) is 0. The van der Waals surface area contributed by atoms with E-state index >= 15 is 0 Å². The van der Waals surface area contributed by atoms with Crippen LogP contribution >= 0.6 is 24.2 Å². The first-order valence-electron chi connectivity index (χ1n) is 1.97. The van der Waals surface area contributed by atoms with Gasteiger partial charge in [-0.2, -0.15) is 0 Å². The molecule has 0 atom stereocenters. The van der Waals surface area contributed by atoms with Crippen molar-refractivity contribution in [1.82, 2.24) is 5.32 Å². The largest absolute Gasteiger partial charge is 0.304 e. The minimum atomic E-state index is 0. The van der Waals surface area contributed by atoms with Crippen LogP contribution in [0.25, 0.3) is 0 Å². The molecule has 1 aliphatic rings. The Balaban J connectivity index is 0.000000360. The van der Waals surface area contributed by atoms with Gasteiger partial charge < -0.3 is 5.32 Å². The Morgan fingerprint density at radius 2 is 2.43 bits per heavy atom. The van der Waals surface area contributed by atoms with Gasteiger partial charge in [0.25, 0.3) is 0 Å². The molecule has 1 heterocycles. The molecule has 0 fully saturated rings. The van der Waals surface area contributed by atoms with Gasteiger partial charge in [-0.15, -0.1) is 24.2 Å². The number of halogens is 1. The van der Waals surface area contributed by atoms with Gasteiger partial charge >= 0.3 is 0 Å². The molecule has 1 rings (SSSR count). The molecule has 0 aromatic rings. The maximum atomic E-state index is 3.16. The molecule has 0 amide bonds. The van der Waals surface area contributed by atoms with Crippen LogP contribution in [0.4, 0.5) is 0 Å². The predicted molar refractivity (Wildman–Crippen MR) is 36.8 cm³/mol. The van der Waals surface area contributed by atoms with Crippen LogP contribution in [0.2, 0.25) is 0 Å². The van der Waals surface area contributed by atoms with E-state index in [1.807, 2.05) is 0 Å². The molecule has 0 bridgehead atoms. The van der Waals surface area contributed by atoms with Crippen LogP contribution in [0, 0.1) is 0 Å². The van der Waals surface area contributed by atoms with Crippen LogP contribution in [0.5, 0.6) is 0 Å². The van der Waals surface area contributed by atoms with Gasteiger partial charge in [-0.05, 0) is 5.41 Å². The fraction of sp³-hybridized carbons (Fsp3) is 0.500. The highest BCUT2D eigenvalue weighted by Gasteiger charge is 1.84. The molecule has 1 nitrogen and oxygen atoms in total.